The Morgan fingerprint density at radius 1 is 1.21 bits per heavy atom. The predicted octanol–water partition coefficient (Wildman–Crippen LogP) is 2.84. The second-order valence-electron chi connectivity index (χ2n) is 7.97. The zero-order chi connectivity index (χ0) is 23.4. The Kier molecular flexibility index (Phi) is 6.67. The Balaban J connectivity index is 1.92. The Morgan fingerprint density at radius 2 is 2.00 bits per heavy atom. The molecule has 1 N–H and O–H groups in total. The fraction of sp³-hybridized carbons (Fsp3) is 0.375. The van der Waals surface area contributed by atoms with Crippen LogP contribution in [0.15, 0.2) is 52.6 Å². The molecular weight excluding hydrogens is 420 g/mol. The van der Waals surface area contributed by atoms with Crippen molar-refractivity contribution < 1.29 is 9.53 Å². The summed E-state index contributed by atoms with van der Waals surface area (Å²) in [4.78, 5) is 36.1. The number of piperidine rings is 1. The van der Waals surface area contributed by atoms with Gasteiger partial charge in [-0.05, 0) is 45.2 Å². The van der Waals surface area contributed by atoms with Crippen molar-refractivity contribution in [2.24, 2.45) is 4.99 Å². The molecule has 172 valence electrons. The van der Waals surface area contributed by atoms with E-state index >= 15 is 0 Å². The van der Waals surface area contributed by atoms with E-state index < -0.39 is 0 Å². The number of likely N-dealkylation sites (tertiary alicyclic amines) is 1. The lowest BCUT2D eigenvalue weighted by molar-refractivity contribution is 0.0635. The minimum Gasteiger partial charge on any atom is -0.493 e. The normalized spacial score (nSPS) is 16.6. The fourth-order valence-electron chi connectivity index (χ4n) is 4.26. The van der Waals surface area contributed by atoms with Gasteiger partial charge in [-0.2, -0.15) is 15.0 Å². The highest BCUT2D eigenvalue weighted by Crippen LogP contribution is 2.31. The number of nitrogens with one attached hydrogen (secondary N) is 1. The zero-order valence-corrected chi connectivity index (χ0v) is 19.1. The molecule has 4 rings (SSSR count). The van der Waals surface area contributed by atoms with Crippen molar-refractivity contribution in [1.82, 2.24) is 24.9 Å². The van der Waals surface area contributed by atoms with Gasteiger partial charge in [0.15, 0.2) is 0 Å². The van der Waals surface area contributed by atoms with Gasteiger partial charge in [0.25, 0.3) is 5.91 Å². The van der Waals surface area contributed by atoms with Crippen molar-refractivity contribution >= 4 is 11.6 Å². The highest BCUT2D eigenvalue weighted by molar-refractivity contribution is 6.15. The lowest BCUT2D eigenvalue weighted by Gasteiger charge is -2.34. The van der Waals surface area contributed by atoms with E-state index in [-0.39, 0.29) is 17.5 Å². The topological polar surface area (TPSA) is 105 Å². The fourth-order valence-corrected chi connectivity index (χ4v) is 4.26. The molecule has 9 heteroatoms. The number of aromatic amines is 1. The van der Waals surface area contributed by atoms with Crippen molar-refractivity contribution in [2.45, 2.75) is 39.2 Å². The van der Waals surface area contributed by atoms with Crippen LogP contribution in [-0.4, -0.2) is 62.7 Å². The molecule has 3 aromatic rings. The molecule has 3 heterocycles. The Hall–Kier alpha value is -3.75. The van der Waals surface area contributed by atoms with Crippen LogP contribution in [0.1, 0.15) is 54.6 Å². The van der Waals surface area contributed by atoms with Crippen molar-refractivity contribution in [3.05, 3.63) is 69.9 Å². The summed E-state index contributed by atoms with van der Waals surface area (Å²) >= 11 is 0. The van der Waals surface area contributed by atoms with Gasteiger partial charge in [0.2, 0.25) is 5.56 Å². The number of ether oxygens (including phenoxy) is 1. The number of amides is 1. The number of hydrogen-bond donors (Lipinski definition) is 1. The molecule has 0 spiro atoms. The van der Waals surface area contributed by atoms with Crippen LogP contribution in [0.4, 0.5) is 0 Å². The Bertz CT molecular complexity index is 1220. The van der Waals surface area contributed by atoms with Crippen LogP contribution in [0.5, 0.6) is 5.75 Å². The van der Waals surface area contributed by atoms with Crippen LogP contribution in [0.25, 0.3) is 5.69 Å². The average molecular weight is 449 g/mol. The second kappa shape index (κ2) is 9.81. The van der Waals surface area contributed by atoms with E-state index in [1.165, 1.54) is 10.9 Å². The number of benzene rings is 1. The molecule has 1 amide bonds. The summed E-state index contributed by atoms with van der Waals surface area (Å²) in [5, 5.41) is 8.53. The number of aromatic nitrogens is 4. The summed E-state index contributed by atoms with van der Waals surface area (Å²) in [6, 6.07) is 6.97. The molecule has 1 aliphatic rings. The minimum absolute atomic E-state index is 0.0832. The number of carbonyl (C=O) groups is 1. The highest BCUT2D eigenvalue weighted by Gasteiger charge is 2.29. The van der Waals surface area contributed by atoms with E-state index in [9.17, 15) is 9.59 Å². The summed E-state index contributed by atoms with van der Waals surface area (Å²) < 4.78 is 5.95. The van der Waals surface area contributed by atoms with Gasteiger partial charge in [-0.3, -0.25) is 14.6 Å². The van der Waals surface area contributed by atoms with Crippen molar-refractivity contribution in [3.63, 3.8) is 0 Å². The molecule has 33 heavy (non-hydrogen) atoms. The monoisotopic (exact) mass is 448 g/mol. The third kappa shape index (κ3) is 4.57. The largest absolute Gasteiger partial charge is 0.493 e. The van der Waals surface area contributed by atoms with Gasteiger partial charge in [0.05, 0.1) is 30.3 Å². The van der Waals surface area contributed by atoms with E-state index in [0.717, 1.165) is 19.3 Å². The lowest BCUT2D eigenvalue weighted by atomic mass is 9.96. The first kappa shape index (κ1) is 22.4. The van der Waals surface area contributed by atoms with Gasteiger partial charge in [-0.1, -0.05) is 0 Å². The van der Waals surface area contributed by atoms with Gasteiger partial charge in [-0.25, -0.2) is 0 Å². The SMILES string of the molecule is CCOc1cc(-n2nccn2)c(C(=O)N2CCCC[C@H]2C)cc1C(=NC)c1cc[nH]c(=O)c1. The lowest BCUT2D eigenvalue weighted by Crippen LogP contribution is -2.42. The third-order valence-corrected chi connectivity index (χ3v) is 5.85. The van der Waals surface area contributed by atoms with Gasteiger partial charge in [-0.15, -0.1) is 0 Å². The molecule has 0 aliphatic carbocycles. The summed E-state index contributed by atoms with van der Waals surface area (Å²) in [5.41, 5.74) is 2.60. The first-order chi connectivity index (χ1) is 16.0. The number of carbonyl (C=O) groups excluding carboxylic acids is 1. The highest BCUT2D eigenvalue weighted by atomic mass is 16.5. The predicted molar refractivity (Wildman–Crippen MR) is 126 cm³/mol. The smallest absolute Gasteiger partial charge is 0.256 e. The van der Waals surface area contributed by atoms with E-state index in [1.54, 1.807) is 43.8 Å². The standard InChI is InChI=1S/C24H28N6O3/c1-4-33-21-15-20(30-27-10-11-28-30)18(24(32)29-12-6-5-7-16(29)2)14-19(21)23(25-3)17-8-9-26-22(31)13-17/h8-11,13-16H,4-7,12H2,1-3H3,(H,26,31)/t16-/m1/s1. The molecule has 0 unspecified atom stereocenters. The van der Waals surface area contributed by atoms with Crippen LogP contribution < -0.4 is 10.3 Å². The van der Waals surface area contributed by atoms with E-state index in [4.69, 9.17) is 4.74 Å². The number of pyridine rings is 1. The minimum atomic E-state index is -0.234. The van der Waals surface area contributed by atoms with E-state index in [2.05, 4.69) is 27.1 Å². The molecule has 1 aliphatic heterocycles. The molecule has 0 radical (unpaired) electrons. The van der Waals surface area contributed by atoms with Crippen LogP contribution in [0.2, 0.25) is 0 Å². The quantitative estimate of drug-likeness (QED) is 0.584. The van der Waals surface area contributed by atoms with E-state index in [0.29, 0.717) is 47.0 Å². The van der Waals surface area contributed by atoms with Gasteiger partial charge >= 0.3 is 0 Å². The van der Waals surface area contributed by atoms with Crippen molar-refractivity contribution in [3.8, 4) is 11.4 Å². The summed E-state index contributed by atoms with van der Waals surface area (Å²) in [6.45, 7) is 5.09. The van der Waals surface area contributed by atoms with Gasteiger partial charge in [0, 0.05) is 49.1 Å². The maximum Gasteiger partial charge on any atom is 0.256 e. The molecule has 9 nitrogen and oxygen atoms in total. The molecule has 0 bridgehead atoms. The zero-order valence-electron chi connectivity index (χ0n) is 19.1. The van der Waals surface area contributed by atoms with Crippen LogP contribution in [-0.2, 0) is 0 Å². The van der Waals surface area contributed by atoms with E-state index in [1.807, 2.05) is 11.8 Å². The molecule has 1 aromatic carbocycles. The Morgan fingerprint density at radius 3 is 2.67 bits per heavy atom. The van der Waals surface area contributed by atoms with Gasteiger partial charge in [0.1, 0.15) is 11.4 Å². The first-order valence-corrected chi connectivity index (χ1v) is 11.2. The maximum absolute atomic E-state index is 13.8. The van der Waals surface area contributed by atoms with Crippen molar-refractivity contribution in [2.75, 3.05) is 20.2 Å². The number of rotatable bonds is 6. The van der Waals surface area contributed by atoms with Crippen LogP contribution >= 0.6 is 0 Å². The van der Waals surface area contributed by atoms with Crippen LogP contribution in [0.3, 0.4) is 0 Å². The molecular formula is C24H28N6O3. The molecule has 1 atom stereocenters. The third-order valence-electron chi connectivity index (χ3n) is 5.85. The van der Waals surface area contributed by atoms with Crippen LogP contribution in [0, 0.1) is 0 Å². The summed E-state index contributed by atoms with van der Waals surface area (Å²) in [6.07, 6.45) is 7.78. The van der Waals surface area contributed by atoms with Crippen molar-refractivity contribution in [1.29, 1.82) is 0 Å². The first-order valence-electron chi connectivity index (χ1n) is 11.2. The average Bonchev–Trinajstić information content (AvgIpc) is 3.35. The number of hydrogen-bond acceptors (Lipinski definition) is 6. The molecule has 1 saturated heterocycles. The Labute approximate surface area is 192 Å². The number of aliphatic imine (C=N–C) groups is 1. The molecule has 1 fully saturated rings. The molecule has 2 aromatic heterocycles. The summed E-state index contributed by atoms with van der Waals surface area (Å²) in [7, 11) is 1.66. The number of H-pyrrole nitrogens is 1. The second-order valence-corrected chi connectivity index (χ2v) is 7.97. The summed E-state index contributed by atoms with van der Waals surface area (Å²) in [5.74, 6) is 0.453. The van der Waals surface area contributed by atoms with Gasteiger partial charge < -0.3 is 14.6 Å². The molecule has 0 saturated carbocycles. The number of nitrogens with zero attached hydrogens (tertiary/aromatic N) is 5. The maximum atomic E-state index is 13.8.